The maximum Gasteiger partial charge on any atom is 0.235 e. The van der Waals surface area contributed by atoms with E-state index in [-0.39, 0.29) is 0 Å². The van der Waals surface area contributed by atoms with Crippen molar-refractivity contribution in [2.24, 2.45) is 0 Å². The van der Waals surface area contributed by atoms with Gasteiger partial charge in [0, 0.05) is 21.9 Å². The maximum absolute atomic E-state index is 6.33. The van der Waals surface area contributed by atoms with E-state index in [1.807, 2.05) is 24.3 Å². The second kappa shape index (κ2) is 12.2. The van der Waals surface area contributed by atoms with E-state index in [0.29, 0.717) is 5.95 Å². The zero-order valence-corrected chi connectivity index (χ0v) is 30.8. The van der Waals surface area contributed by atoms with E-state index < -0.39 is 5.41 Å². The third-order valence-electron chi connectivity index (χ3n) is 11.9. The molecule has 0 saturated carbocycles. The summed E-state index contributed by atoms with van der Waals surface area (Å²) in [5, 5.41) is 2.27. The summed E-state index contributed by atoms with van der Waals surface area (Å²) in [6.07, 6.45) is 0. The van der Waals surface area contributed by atoms with E-state index in [4.69, 9.17) is 14.4 Å². The summed E-state index contributed by atoms with van der Waals surface area (Å²) < 4.78 is 6.33. The Morgan fingerprint density at radius 3 is 1.60 bits per heavy atom. The number of furan rings is 1. The summed E-state index contributed by atoms with van der Waals surface area (Å²) >= 11 is 0. The summed E-state index contributed by atoms with van der Waals surface area (Å²) in [5.74, 6) is 0.632. The van der Waals surface area contributed by atoms with Gasteiger partial charge >= 0.3 is 0 Å². The Morgan fingerprint density at radius 2 is 0.895 bits per heavy atom. The molecule has 0 saturated heterocycles. The fourth-order valence-electron chi connectivity index (χ4n) is 9.46. The van der Waals surface area contributed by atoms with Crippen LogP contribution in [0.15, 0.2) is 205 Å². The normalized spacial score (nSPS) is 13.4. The molecule has 0 bridgehead atoms. The fourth-order valence-corrected chi connectivity index (χ4v) is 9.46. The lowest BCUT2D eigenvalue weighted by molar-refractivity contribution is 0.669. The Bertz CT molecular complexity index is 3100. The highest BCUT2D eigenvalue weighted by atomic mass is 16.3. The first kappa shape index (κ1) is 31.8. The van der Waals surface area contributed by atoms with Gasteiger partial charge in [-0.3, -0.25) is 4.90 Å². The van der Waals surface area contributed by atoms with Crippen LogP contribution in [0.3, 0.4) is 0 Å². The van der Waals surface area contributed by atoms with Crippen LogP contribution in [0.4, 0.5) is 17.3 Å². The van der Waals surface area contributed by atoms with E-state index in [0.717, 1.165) is 67.0 Å². The summed E-state index contributed by atoms with van der Waals surface area (Å²) in [6.45, 7) is 0. The molecule has 0 radical (unpaired) electrons. The predicted octanol–water partition coefficient (Wildman–Crippen LogP) is 13.5. The zero-order chi connectivity index (χ0) is 37.5. The van der Waals surface area contributed by atoms with Gasteiger partial charge in [0.1, 0.15) is 11.2 Å². The Kier molecular flexibility index (Phi) is 6.81. The van der Waals surface area contributed by atoms with Crippen molar-refractivity contribution in [3.8, 4) is 44.8 Å². The molecule has 0 N–H and O–H groups in total. The molecule has 0 amide bonds. The number of para-hydroxylation sites is 3. The highest BCUT2D eigenvalue weighted by Gasteiger charge is 2.52. The lowest BCUT2D eigenvalue weighted by atomic mass is 9.64. The zero-order valence-electron chi connectivity index (χ0n) is 30.8. The molecule has 0 atom stereocenters. The molecule has 0 unspecified atom stereocenters. The van der Waals surface area contributed by atoms with Gasteiger partial charge in [-0.2, -0.15) is 0 Å². The highest BCUT2D eigenvalue weighted by Crippen LogP contribution is 2.63. The molecule has 4 heteroatoms. The quantitative estimate of drug-likeness (QED) is 0.181. The largest absolute Gasteiger partial charge is 0.456 e. The Balaban J connectivity index is 1.08. The molecule has 3 heterocycles. The standard InChI is InChI=1S/C53H33N3O/c1-3-15-34(16-4-1)46-33-47(35-17-5-2-6-18-35)55-52(54-46)56-48-24-12-10-22-44(48)53(45-23-11-13-25-49(45)56)42-21-9-7-19-38(42)41-31-36(28-30-43(41)53)37-27-29-40-39-20-8-14-26-50(39)57-51(40)32-37/h1-33H. The van der Waals surface area contributed by atoms with Gasteiger partial charge in [-0.15, -0.1) is 0 Å². The van der Waals surface area contributed by atoms with Crippen molar-refractivity contribution in [1.29, 1.82) is 0 Å². The molecular weight excluding hydrogens is 695 g/mol. The van der Waals surface area contributed by atoms with Crippen molar-refractivity contribution >= 4 is 39.3 Å². The number of anilines is 3. The van der Waals surface area contributed by atoms with Crippen LogP contribution in [-0.2, 0) is 5.41 Å². The molecule has 2 aliphatic rings. The van der Waals surface area contributed by atoms with Crippen molar-refractivity contribution in [3.05, 3.63) is 222 Å². The SMILES string of the molecule is c1ccc(-c2cc(-c3ccccc3)nc(N3c4ccccc4C4(c5ccccc5-c5cc(-c6ccc7c(c6)oc6ccccc67)ccc54)c4ccccc43)n2)cc1. The van der Waals surface area contributed by atoms with E-state index >= 15 is 0 Å². The monoisotopic (exact) mass is 727 g/mol. The number of fused-ring (bicyclic) bond motifs is 12. The highest BCUT2D eigenvalue weighted by molar-refractivity contribution is 6.06. The average Bonchev–Trinajstić information content (AvgIpc) is 3.80. The van der Waals surface area contributed by atoms with Gasteiger partial charge in [0.2, 0.25) is 5.95 Å². The molecule has 266 valence electrons. The van der Waals surface area contributed by atoms with Crippen LogP contribution in [0.1, 0.15) is 22.3 Å². The second-order valence-electron chi connectivity index (χ2n) is 14.9. The van der Waals surface area contributed by atoms with Gasteiger partial charge < -0.3 is 4.42 Å². The molecular formula is C53H33N3O. The summed E-state index contributed by atoms with van der Waals surface area (Å²) in [5.41, 5.74) is 16.9. The van der Waals surface area contributed by atoms with E-state index in [2.05, 4.69) is 181 Å². The number of rotatable bonds is 4. The van der Waals surface area contributed by atoms with Crippen molar-refractivity contribution in [1.82, 2.24) is 9.97 Å². The van der Waals surface area contributed by atoms with Gasteiger partial charge in [-0.05, 0) is 87.0 Å². The molecule has 4 nitrogen and oxygen atoms in total. The number of nitrogens with zero attached hydrogens (tertiary/aromatic N) is 3. The third-order valence-corrected chi connectivity index (χ3v) is 11.9. The molecule has 1 spiro atoms. The van der Waals surface area contributed by atoms with Crippen molar-refractivity contribution < 1.29 is 4.42 Å². The molecule has 1 aliphatic heterocycles. The first-order valence-corrected chi connectivity index (χ1v) is 19.4. The average molecular weight is 728 g/mol. The van der Waals surface area contributed by atoms with E-state index in [1.165, 1.54) is 33.4 Å². The lowest BCUT2D eigenvalue weighted by Gasteiger charge is -2.44. The minimum absolute atomic E-state index is 0.573. The van der Waals surface area contributed by atoms with Gasteiger partial charge in [-0.25, -0.2) is 9.97 Å². The third kappa shape index (κ3) is 4.62. The topological polar surface area (TPSA) is 42.2 Å². The summed E-state index contributed by atoms with van der Waals surface area (Å²) in [4.78, 5) is 13.0. The van der Waals surface area contributed by atoms with Crippen LogP contribution < -0.4 is 4.90 Å². The number of hydrogen-bond donors (Lipinski definition) is 0. The molecule has 8 aromatic carbocycles. The molecule has 10 aromatic rings. The number of aromatic nitrogens is 2. The van der Waals surface area contributed by atoms with E-state index in [9.17, 15) is 0 Å². The van der Waals surface area contributed by atoms with Crippen LogP contribution in [0.2, 0.25) is 0 Å². The Morgan fingerprint density at radius 1 is 0.368 bits per heavy atom. The number of hydrogen-bond acceptors (Lipinski definition) is 4. The molecule has 12 rings (SSSR count). The van der Waals surface area contributed by atoms with Gasteiger partial charge in [0.15, 0.2) is 0 Å². The van der Waals surface area contributed by atoms with E-state index in [1.54, 1.807) is 0 Å². The molecule has 57 heavy (non-hydrogen) atoms. The summed E-state index contributed by atoms with van der Waals surface area (Å²) in [6, 6.07) is 71.4. The van der Waals surface area contributed by atoms with Crippen molar-refractivity contribution in [2.45, 2.75) is 5.41 Å². The van der Waals surface area contributed by atoms with Crippen LogP contribution in [-0.4, -0.2) is 9.97 Å². The lowest BCUT2D eigenvalue weighted by Crippen LogP contribution is -2.36. The predicted molar refractivity (Wildman–Crippen MR) is 231 cm³/mol. The first-order chi connectivity index (χ1) is 28.3. The minimum atomic E-state index is -0.573. The van der Waals surface area contributed by atoms with Crippen molar-refractivity contribution in [3.63, 3.8) is 0 Å². The smallest absolute Gasteiger partial charge is 0.235 e. The molecule has 0 fully saturated rings. The van der Waals surface area contributed by atoms with Gasteiger partial charge in [0.05, 0.1) is 28.2 Å². The van der Waals surface area contributed by atoms with Gasteiger partial charge in [-0.1, -0.05) is 158 Å². The fraction of sp³-hybridized carbons (Fsp3) is 0.0189. The van der Waals surface area contributed by atoms with Crippen LogP contribution in [0.5, 0.6) is 0 Å². The minimum Gasteiger partial charge on any atom is -0.456 e. The van der Waals surface area contributed by atoms with Crippen molar-refractivity contribution in [2.75, 3.05) is 4.90 Å². The molecule has 1 aliphatic carbocycles. The second-order valence-corrected chi connectivity index (χ2v) is 14.9. The van der Waals surface area contributed by atoms with Crippen LogP contribution in [0.25, 0.3) is 66.7 Å². The maximum atomic E-state index is 6.33. The van der Waals surface area contributed by atoms with Crippen LogP contribution in [0, 0.1) is 0 Å². The first-order valence-electron chi connectivity index (χ1n) is 19.4. The van der Waals surface area contributed by atoms with Crippen LogP contribution >= 0.6 is 0 Å². The summed E-state index contributed by atoms with van der Waals surface area (Å²) in [7, 11) is 0. The number of benzene rings is 8. The Hall–Kier alpha value is -7.56. The molecule has 2 aromatic heterocycles. The van der Waals surface area contributed by atoms with Gasteiger partial charge in [0.25, 0.3) is 0 Å². The Labute approximate surface area is 330 Å².